The van der Waals surface area contributed by atoms with Gasteiger partial charge in [-0.2, -0.15) is 0 Å². The number of likely N-dealkylation sites (tertiary alicyclic amines) is 1. The summed E-state index contributed by atoms with van der Waals surface area (Å²) in [7, 11) is 1.66. The molecule has 0 bridgehead atoms. The molecule has 0 aromatic heterocycles. The third-order valence-corrected chi connectivity index (χ3v) is 3.67. The van der Waals surface area contributed by atoms with E-state index in [2.05, 4.69) is 24.0 Å². The highest BCUT2D eigenvalue weighted by molar-refractivity contribution is 5.75. The van der Waals surface area contributed by atoms with Crippen LogP contribution in [0.15, 0.2) is 36.9 Å². The number of nitrogens with zero attached hydrogens (tertiary/aromatic N) is 1. The van der Waals surface area contributed by atoms with Crippen molar-refractivity contribution in [3.05, 3.63) is 42.5 Å². The lowest BCUT2D eigenvalue weighted by molar-refractivity contribution is 0.193. The third-order valence-electron chi connectivity index (χ3n) is 3.67. The van der Waals surface area contributed by atoms with Gasteiger partial charge in [0.05, 0.1) is 7.11 Å². The maximum atomic E-state index is 12.1. The molecule has 1 aliphatic heterocycles. The Hall–Kier alpha value is -1.97. The number of carbonyl (C=O) groups is 1. The normalized spacial score (nSPS) is 17.9. The highest BCUT2D eigenvalue weighted by Crippen LogP contribution is 2.22. The maximum Gasteiger partial charge on any atom is 0.317 e. The standard InChI is InChI=1S/C16H22N2O2/c1-3-10-17-16(19)18-11-4-5-14(18)12-13-6-8-15(20-2)9-7-13/h3,6-9,14H,1,4-5,10-12H2,2H3,(H,17,19). The summed E-state index contributed by atoms with van der Waals surface area (Å²) in [6.07, 6.45) is 4.73. The summed E-state index contributed by atoms with van der Waals surface area (Å²) in [5.74, 6) is 0.862. The Labute approximate surface area is 120 Å². The van der Waals surface area contributed by atoms with Crippen LogP contribution in [0.2, 0.25) is 0 Å². The first-order chi connectivity index (χ1) is 9.74. The van der Waals surface area contributed by atoms with Crippen molar-refractivity contribution in [2.24, 2.45) is 0 Å². The fourth-order valence-electron chi connectivity index (χ4n) is 2.61. The van der Waals surface area contributed by atoms with Crippen LogP contribution in [0.4, 0.5) is 4.79 Å². The van der Waals surface area contributed by atoms with Crippen LogP contribution in [0.25, 0.3) is 0 Å². The van der Waals surface area contributed by atoms with Crippen molar-refractivity contribution in [2.75, 3.05) is 20.2 Å². The van der Waals surface area contributed by atoms with Gasteiger partial charge in [-0.25, -0.2) is 4.79 Å². The first-order valence-electron chi connectivity index (χ1n) is 7.03. The fourth-order valence-corrected chi connectivity index (χ4v) is 2.61. The molecule has 1 aromatic carbocycles. The smallest absolute Gasteiger partial charge is 0.317 e. The molecule has 2 amide bonds. The van der Waals surface area contributed by atoms with Crippen molar-refractivity contribution < 1.29 is 9.53 Å². The van der Waals surface area contributed by atoms with Gasteiger partial charge in [-0.05, 0) is 37.0 Å². The van der Waals surface area contributed by atoms with Gasteiger partial charge >= 0.3 is 6.03 Å². The lowest BCUT2D eigenvalue weighted by Crippen LogP contribution is -2.43. The van der Waals surface area contributed by atoms with Crippen LogP contribution in [0, 0.1) is 0 Å². The van der Waals surface area contributed by atoms with E-state index >= 15 is 0 Å². The van der Waals surface area contributed by atoms with Gasteiger partial charge in [-0.3, -0.25) is 0 Å². The quantitative estimate of drug-likeness (QED) is 0.839. The van der Waals surface area contributed by atoms with E-state index in [1.165, 1.54) is 5.56 Å². The van der Waals surface area contributed by atoms with Crippen molar-refractivity contribution in [3.8, 4) is 5.75 Å². The van der Waals surface area contributed by atoms with Crippen molar-refractivity contribution >= 4 is 6.03 Å². The lowest BCUT2D eigenvalue weighted by Gasteiger charge is -2.25. The molecule has 1 atom stereocenters. The summed E-state index contributed by atoms with van der Waals surface area (Å²) in [6, 6.07) is 8.36. The van der Waals surface area contributed by atoms with Crippen LogP contribution >= 0.6 is 0 Å². The van der Waals surface area contributed by atoms with Crippen LogP contribution in [0.5, 0.6) is 5.75 Å². The molecule has 2 rings (SSSR count). The molecule has 1 aliphatic rings. The minimum atomic E-state index is 0.0147. The Morgan fingerprint density at radius 3 is 2.90 bits per heavy atom. The second kappa shape index (κ2) is 6.98. The van der Waals surface area contributed by atoms with Gasteiger partial charge < -0.3 is 15.0 Å². The SMILES string of the molecule is C=CCNC(=O)N1CCCC1Cc1ccc(OC)cc1. The van der Waals surface area contributed by atoms with Gasteiger partial charge in [0.1, 0.15) is 5.75 Å². The third kappa shape index (κ3) is 3.53. The number of carbonyl (C=O) groups excluding carboxylic acids is 1. The summed E-state index contributed by atoms with van der Waals surface area (Å²) in [4.78, 5) is 14.0. The lowest BCUT2D eigenvalue weighted by atomic mass is 10.0. The van der Waals surface area contributed by atoms with E-state index < -0.39 is 0 Å². The van der Waals surface area contributed by atoms with Gasteiger partial charge in [-0.1, -0.05) is 18.2 Å². The Bertz CT molecular complexity index is 456. The monoisotopic (exact) mass is 274 g/mol. The molecular formula is C16H22N2O2. The molecule has 1 fully saturated rings. The van der Waals surface area contributed by atoms with Crippen molar-refractivity contribution in [2.45, 2.75) is 25.3 Å². The van der Waals surface area contributed by atoms with Crippen molar-refractivity contribution in [3.63, 3.8) is 0 Å². The number of urea groups is 1. The van der Waals surface area contributed by atoms with Gasteiger partial charge in [0.25, 0.3) is 0 Å². The second-order valence-corrected chi connectivity index (χ2v) is 5.02. The van der Waals surface area contributed by atoms with E-state index in [4.69, 9.17) is 4.74 Å². The zero-order valence-corrected chi connectivity index (χ0v) is 12.0. The molecule has 1 N–H and O–H groups in total. The van der Waals surface area contributed by atoms with Gasteiger partial charge in [0.2, 0.25) is 0 Å². The Kier molecular flexibility index (Phi) is 5.04. The predicted octanol–water partition coefficient (Wildman–Crippen LogP) is 2.60. The zero-order chi connectivity index (χ0) is 14.4. The molecule has 108 valence electrons. The number of benzene rings is 1. The van der Waals surface area contributed by atoms with E-state index in [1.807, 2.05) is 17.0 Å². The number of hydrogen-bond acceptors (Lipinski definition) is 2. The molecule has 0 spiro atoms. The zero-order valence-electron chi connectivity index (χ0n) is 12.0. The minimum Gasteiger partial charge on any atom is -0.497 e. The Morgan fingerprint density at radius 2 is 2.25 bits per heavy atom. The highest BCUT2D eigenvalue weighted by atomic mass is 16.5. The van der Waals surface area contributed by atoms with E-state index in [0.717, 1.165) is 31.6 Å². The largest absolute Gasteiger partial charge is 0.497 e. The summed E-state index contributed by atoms with van der Waals surface area (Å²) in [5, 5.41) is 2.86. The topological polar surface area (TPSA) is 41.6 Å². The molecule has 20 heavy (non-hydrogen) atoms. The predicted molar refractivity (Wildman–Crippen MR) is 80.0 cm³/mol. The van der Waals surface area contributed by atoms with Gasteiger partial charge in [0, 0.05) is 19.1 Å². The van der Waals surface area contributed by atoms with Gasteiger partial charge in [-0.15, -0.1) is 6.58 Å². The molecule has 1 saturated heterocycles. The van der Waals surface area contributed by atoms with Crippen LogP contribution < -0.4 is 10.1 Å². The molecule has 1 unspecified atom stereocenters. The minimum absolute atomic E-state index is 0.0147. The van der Waals surface area contributed by atoms with Crippen molar-refractivity contribution in [1.82, 2.24) is 10.2 Å². The number of hydrogen-bond donors (Lipinski definition) is 1. The molecule has 4 nitrogen and oxygen atoms in total. The van der Waals surface area contributed by atoms with Crippen LogP contribution in [0.3, 0.4) is 0 Å². The van der Waals surface area contributed by atoms with Crippen LogP contribution in [-0.4, -0.2) is 37.2 Å². The number of nitrogens with one attached hydrogen (secondary N) is 1. The Morgan fingerprint density at radius 1 is 1.50 bits per heavy atom. The van der Waals surface area contributed by atoms with Crippen LogP contribution in [-0.2, 0) is 6.42 Å². The molecule has 1 heterocycles. The number of ether oxygens (including phenoxy) is 1. The molecule has 0 aliphatic carbocycles. The number of amides is 2. The number of methoxy groups -OCH3 is 1. The summed E-state index contributed by atoms with van der Waals surface area (Å²) in [5.41, 5.74) is 1.24. The fraction of sp³-hybridized carbons (Fsp3) is 0.438. The average Bonchev–Trinajstić information content (AvgIpc) is 2.94. The highest BCUT2D eigenvalue weighted by Gasteiger charge is 2.28. The van der Waals surface area contributed by atoms with E-state index in [0.29, 0.717) is 6.54 Å². The first kappa shape index (κ1) is 14.4. The average molecular weight is 274 g/mol. The Balaban J connectivity index is 1.96. The second-order valence-electron chi connectivity index (χ2n) is 5.02. The molecule has 1 aromatic rings. The summed E-state index contributed by atoms with van der Waals surface area (Å²) < 4.78 is 5.16. The number of rotatable bonds is 5. The summed E-state index contributed by atoms with van der Waals surface area (Å²) in [6.45, 7) is 4.97. The molecule has 4 heteroatoms. The van der Waals surface area contributed by atoms with E-state index in [-0.39, 0.29) is 12.1 Å². The molecule has 0 radical (unpaired) electrons. The first-order valence-corrected chi connectivity index (χ1v) is 7.03. The van der Waals surface area contributed by atoms with Gasteiger partial charge in [0.15, 0.2) is 0 Å². The maximum absolute atomic E-state index is 12.1. The van der Waals surface area contributed by atoms with Crippen LogP contribution in [0.1, 0.15) is 18.4 Å². The molecular weight excluding hydrogens is 252 g/mol. The van der Waals surface area contributed by atoms with E-state index in [9.17, 15) is 4.79 Å². The van der Waals surface area contributed by atoms with E-state index in [1.54, 1.807) is 13.2 Å². The molecule has 0 saturated carbocycles. The summed E-state index contributed by atoms with van der Waals surface area (Å²) >= 11 is 0. The van der Waals surface area contributed by atoms with Crippen molar-refractivity contribution in [1.29, 1.82) is 0 Å².